The van der Waals surface area contributed by atoms with Crippen LogP contribution in [0.4, 0.5) is 0 Å². The van der Waals surface area contributed by atoms with Crippen molar-refractivity contribution in [3.05, 3.63) is 10.7 Å². The maximum absolute atomic E-state index is 11.9. The highest BCUT2D eigenvalue weighted by atomic mass is 35.5. The number of halogens is 1. The Morgan fingerprint density at radius 2 is 2.31 bits per heavy atom. The van der Waals surface area contributed by atoms with Gasteiger partial charge in [-0.2, -0.15) is 0 Å². The quantitative estimate of drug-likeness (QED) is 0.742. The Hall–Kier alpha value is -0.210. The number of rotatable bonds is 6. The molecule has 8 heteroatoms. The van der Waals surface area contributed by atoms with Crippen LogP contribution in [0.25, 0.3) is 0 Å². The SMILES string of the molecule is COCCCN(C)S(=O)(=O)c1cnc(Cl)s1. The molecule has 0 amide bonds. The average molecular weight is 285 g/mol. The molecule has 0 N–H and O–H groups in total. The van der Waals surface area contributed by atoms with E-state index in [2.05, 4.69) is 4.98 Å². The lowest BCUT2D eigenvalue weighted by Crippen LogP contribution is -2.28. The standard InChI is InChI=1S/C8H13ClN2O3S2/c1-11(4-3-5-14-2)16(12,13)7-6-10-8(9)15-7/h6H,3-5H2,1-2H3. The van der Waals surface area contributed by atoms with Crippen molar-refractivity contribution >= 4 is 33.0 Å². The number of thiazole rings is 1. The van der Waals surface area contributed by atoms with Crippen LogP contribution in [0.15, 0.2) is 10.4 Å². The van der Waals surface area contributed by atoms with Gasteiger partial charge in [0, 0.05) is 27.3 Å². The molecular weight excluding hydrogens is 272 g/mol. The van der Waals surface area contributed by atoms with Crippen LogP contribution < -0.4 is 0 Å². The van der Waals surface area contributed by atoms with E-state index in [-0.39, 0.29) is 8.68 Å². The number of hydrogen-bond donors (Lipinski definition) is 0. The van der Waals surface area contributed by atoms with Crippen molar-refractivity contribution in [2.75, 3.05) is 27.3 Å². The van der Waals surface area contributed by atoms with E-state index in [4.69, 9.17) is 16.3 Å². The van der Waals surface area contributed by atoms with Gasteiger partial charge in [-0.15, -0.1) is 0 Å². The normalized spacial score (nSPS) is 12.2. The Labute approximate surface area is 104 Å². The van der Waals surface area contributed by atoms with Crippen LogP contribution in [0.2, 0.25) is 4.47 Å². The van der Waals surface area contributed by atoms with Gasteiger partial charge >= 0.3 is 0 Å². The first-order valence-electron chi connectivity index (χ1n) is 4.55. The molecule has 0 unspecified atom stereocenters. The minimum Gasteiger partial charge on any atom is -0.385 e. The predicted octanol–water partition coefficient (Wildman–Crippen LogP) is 1.45. The highest BCUT2D eigenvalue weighted by Gasteiger charge is 2.22. The predicted molar refractivity (Wildman–Crippen MR) is 63.4 cm³/mol. The van der Waals surface area contributed by atoms with Crippen molar-refractivity contribution in [3.8, 4) is 0 Å². The van der Waals surface area contributed by atoms with E-state index in [1.165, 1.54) is 17.5 Å². The third-order valence-electron chi connectivity index (χ3n) is 1.94. The minimum atomic E-state index is -3.45. The van der Waals surface area contributed by atoms with E-state index in [1.807, 2.05) is 0 Å². The first-order valence-corrected chi connectivity index (χ1v) is 7.18. The summed E-state index contributed by atoms with van der Waals surface area (Å²) in [4.78, 5) is 3.72. The monoisotopic (exact) mass is 284 g/mol. The van der Waals surface area contributed by atoms with Crippen molar-refractivity contribution in [2.24, 2.45) is 0 Å². The Morgan fingerprint density at radius 3 is 2.81 bits per heavy atom. The van der Waals surface area contributed by atoms with Crippen LogP contribution in [0.3, 0.4) is 0 Å². The summed E-state index contributed by atoms with van der Waals surface area (Å²) in [7, 11) is -0.342. The van der Waals surface area contributed by atoms with Crippen LogP contribution in [0.5, 0.6) is 0 Å². The number of sulfonamides is 1. The highest BCUT2D eigenvalue weighted by Crippen LogP contribution is 2.24. The van der Waals surface area contributed by atoms with Crippen LogP contribution in [-0.2, 0) is 14.8 Å². The molecule has 1 rings (SSSR count). The van der Waals surface area contributed by atoms with Crippen molar-refractivity contribution in [1.82, 2.24) is 9.29 Å². The Bertz CT molecular complexity index is 432. The summed E-state index contributed by atoms with van der Waals surface area (Å²) in [5.41, 5.74) is 0. The maximum Gasteiger partial charge on any atom is 0.253 e. The van der Waals surface area contributed by atoms with Crippen LogP contribution in [0.1, 0.15) is 6.42 Å². The molecule has 92 valence electrons. The van der Waals surface area contributed by atoms with E-state index in [0.717, 1.165) is 11.3 Å². The molecule has 0 aliphatic heterocycles. The van der Waals surface area contributed by atoms with Crippen molar-refractivity contribution < 1.29 is 13.2 Å². The molecule has 0 bridgehead atoms. The Morgan fingerprint density at radius 1 is 1.62 bits per heavy atom. The molecule has 5 nitrogen and oxygen atoms in total. The van der Waals surface area contributed by atoms with Gasteiger partial charge in [-0.05, 0) is 6.42 Å². The number of aromatic nitrogens is 1. The molecule has 0 saturated carbocycles. The van der Waals surface area contributed by atoms with E-state index in [0.29, 0.717) is 19.6 Å². The number of methoxy groups -OCH3 is 1. The molecule has 0 spiro atoms. The van der Waals surface area contributed by atoms with Gasteiger partial charge < -0.3 is 4.74 Å². The lowest BCUT2D eigenvalue weighted by molar-refractivity contribution is 0.189. The number of nitrogens with zero attached hydrogens (tertiary/aromatic N) is 2. The zero-order valence-corrected chi connectivity index (χ0v) is 11.4. The molecule has 0 aliphatic carbocycles. The van der Waals surface area contributed by atoms with E-state index in [1.54, 1.807) is 7.11 Å². The van der Waals surface area contributed by atoms with Crippen LogP contribution in [0, 0.1) is 0 Å². The fraction of sp³-hybridized carbons (Fsp3) is 0.625. The van der Waals surface area contributed by atoms with Gasteiger partial charge in [0.1, 0.15) is 0 Å². The molecule has 0 aliphatic rings. The van der Waals surface area contributed by atoms with Crippen LogP contribution >= 0.6 is 22.9 Å². The lowest BCUT2D eigenvalue weighted by Gasteiger charge is -2.14. The Kier molecular flexibility index (Phi) is 5.13. The summed E-state index contributed by atoms with van der Waals surface area (Å²) in [5, 5.41) is 0. The molecule has 0 aromatic carbocycles. The molecular formula is C8H13ClN2O3S2. The second-order valence-corrected chi connectivity index (χ2v) is 6.99. The fourth-order valence-electron chi connectivity index (χ4n) is 1.06. The molecule has 1 aromatic rings. The number of ether oxygens (including phenoxy) is 1. The van der Waals surface area contributed by atoms with E-state index < -0.39 is 10.0 Å². The second-order valence-electron chi connectivity index (χ2n) is 3.11. The summed E-state index contributed by atoms with van der Waals surface area (Å²) in [6, 6.07) is 0. The molecule has 0 fully saturated rings. The van der Waals surface area contributed by atoms with Crippen molar-refractivity contribution in [1.29, 1.82) is 0 Å². The largest absolute Gasteiger partial charge is 0.385 e. The third kappa shape index (κ3) is 3.39. The summed E-state index contributed by atoms with van der Waals surface area (Å²) in [5.74, 6) is 0. The lowest BCUT2D eigenvalue weighted by atomic mass is 10.5. The second kappa shape index (κ2) is 5.92. The zero-order valence-electron chi connectivity index (χ0n) is 9.01. The number of hydrogen-bond acceptors (Lipinski definition) is 5. The summed E-state index contributed by atoms with van der Waals surface area (Å²) in [6.07, 6.45) is 1.92. The van der Waals surface area contributed by atoms with Crippen molar-refractivity contribution in [3.63, 3.8) is 0 Å². The van der Waals surface area contributed by atoms with Crippen LogP contribution in [-0.4, -0.2) is 45.0 Å². The van der Waals surface area contributed by atoms with Gasteiger partial charge in [0.2, 0.25) is 0 Å². The molecule has 16 heavy (non-hydrogen) atoms. The topological polar surface area (TPSA) is 59.5 Å². The first-order chi connectivity index (χ1) is 7.48. The third-order valence-corrected chi connectivity index (χ3v) is 5.35. The molecule has 0 atom stereocenters. The fourth-order valence-corrected chi connectivity index (χ4v) is 3.78. The molecule has 0 radical (unpaired) electrons. The smallest absolute Gasteiger partial charge is 0.253 e. The minimum absolute atomic E-state index is 0.164. The van der Waals surface area contributed by atoms with Gasteiger partial charge in [0.05, 0.1) is 6.20 Å². The summed E-state index contributed by atoms with van der Waals surface area (Å²) in [6.45, 7) is 0.939. The van der Waals surface area contributed by atoms with Gasteiger partial charge in [-0.25, -0.2) is 17.7 Å². The van der Waals surface area contributed by atoms with E-state index >= 15 is 0 Å². The average Bonchev–Trinajstić information content (AvgIpc) is 2.65. The van der Waals surface area contributed by atoms with Gasteiger partial charge in [0.25, 0.3) is 10.0 Å². The van der Waals surface area contributed by atoms with Gasteiger partial charge in [0.15, 0.2) is 8.68 Å². The summed E-state index contributed by atoms with van der Waals surface area (Å²) < 4.78 is 30.4. The molecule has 1 aromatic heterocycles. The first kappa shape index (κ1) is 13.9. The molecule has 1 heterocycles. The van der Waals surface area contributed by atoms with Gasteiger partial charge in [-0.3, -0.25) is 0 Å². The Balaban J connectivity index is 2.70. The van der Waals surface area contributed by atoms with E-state index in [9.17, 15) is 8.42 Å². The summed E-state index contributed by atoms with van der Waals surface area (Å²) >= 11 is 6.56. The van der Waals surface area contributed by atoms with Gasteiger partial charge in [-0.1, -0.05) is 22.9 Å². The maximum atomic E-state index is 11.9. The van der Waals surface area contributed by atoms with Crippen molar-refractivity contribution in [2.45, 2.75) is 10.6 Å². The molecule has 0 saturated heterocycles. The highest BCUT2D eigenvalue weighted by molar-refractivity contribution is 7.91. The zero-order chi connectivity index (χ0) is 12.2.